The molecule has 0 spiro atoms. The Morgan fingerprint density at radius 2 is 1.52 bits per heavy atom. The van der Waals surface area contributed by atoms with E-state index in [1.54, 1.807) is 20.8 Å². The van der Waals surface area contributed by atoms with Gasteiger partial charge in [0, 0.05) is 6.42 Å². The summed E-state index contributed by atoms with van der Waals surface area (Å²) in [6, 6.07) is 0. The number of nitrogens with zero attached hydrogens (tertiary/aromatic N) is 2. The van der Waals surface area contributed by atoms with Gasteiger partial charge in [0.05, 0.1) is 21.0 Å². The van der Waals surface area contributed by atoms with Crippen LogP contribution in [0.1, 0.15) is 71.4 Å². The number of aryl methyl sites for hydroxylation is 1. The van der Waals surface area contributed by atoms with Crippen molar-refractivity contribution in [3.63, 3.8) is 0 Å². The first-order valence-electron chi connectivity index (χ1n) is 10.9. The lowest BCUT2D eigenvalue weighted by atomic mass is 9.86. The summed E-state index contributed by atoms with van der Waals surface area (Å²) in [6.07, 6.45) is 6.43. The van der Waals surface area contributed by atoms with Crippen LogP contribution in [0, 0.1) is 41.9 Å². The Morgan fingerprint density at radius 1 is 0.970 bits per heavy atom. The maximum atomic E-state index is 14.3. The zero-order chi connectivity index (χ0) is 24.5. The van der Waals surface area contributed by atoms with Gasteiger partial charge < -0.3 is 4.74 Å². The normalized spacial score (nSPS) is 15.2. The van der Waals surface area contributed by atoms with Crippen molar-refractivity contribution in [2.24, 2.45) is 5.92 Å². The summed E-state index contributed by atoms with van der Waals surface area (Å²) in [5, 5.41) is 4.31. The van der Waals surface area contributed by atoms with Gasteiger partial charge in [-0.05, 0) is 40.0 Å². The maximum absolute atomic E-state index is 14.3. The minimum atomic E-state index is -2.23. The molecule has 1 heterocycles. The van der Waals surface area contributed by atoms with Crippen LogP contribution in [0.5, 0.6) is 5.88 Å². The average Bonchev–Trinajstić information content (AvgIpc) is 3.08. The van der Waals surface area contributed by atoms with Gasteiger partial charge in [0.1, 0.15) is 0 Å². The molecular formula is C23H27F5N2O2S. The minimum absolute atomic E-state index is 0.0131. The van der Waals surface area contributed by atoms with E-state index < -0.39 is 45.5 Å². The number of hydrogen-bond donors (Lipinski definition) is 0. The summed E-state index contributed by atoms with van der Waals surface area (Å²) in [6.45, 7) is 6.86. The third kappa shape index (κ3) is 5.53. The lowest BCUT2D eigenvalue weighted by Gasteiger charge is -2.23. The molecule has 0 amide bonds. The molecule has 1 aromatic heterocycles. The second-order valence-electron chi connectivity index (χ2n) is 9.32. The number of carbonyl (C=O) groups excluding carboxylic acids is 1. The van der Waals surface area contributed by atoms with Crippen LogP contribution in [0.2, 0.25) is 0 Å². The van der Waals surface area contributed by atoms with Crippen molar-refractivity contribution in [1.29, 1.82) is 0 Å². The van der Waals surface area contributed by atoms with Crippen LogP contribution in [0.15, 0.2) is 9.79 Å². The number of rotatable bonds is 6. The molecule has 1 aliphatic carbocycles. The molecular weight excluding hydrogens is 463 g/mol. The van der Waals surface area contributed by atoms with Crippen LogP contribution in [0.3, 0.4) is 0 Å². The van der Waals surface area contributed by atoms with Crippen molar-refractivity contribution >= 4 is 17.7 Å². The number of benzene rings is 1. The third-order valence-corrected chi connectivity index (χ3v) is 6.90. The Morgan fingerprint density at radius 3 is 2.06 bits per heavy atom. The van der Waals surface area contributed by atoms with Crippen molar-refractivity contribution in [3.05, 3.63) is 34.8 Å². The average molecular weight is 491 g/mol. The molecule has 1 saturated carbocycles. The minimum Gasteiger partial charge on any atom is -0.406 e. The van der Waals surface area contributed by atoms with E-state index in [4.69, 9.17) is 4.74 Å². The fourth-order valence-electron chi connectivity index (χ4n) is 3.89. The Balaban J connectivity index is 1.93. The smallest absolute Gasteiger partial charge is 0.312 e. The summed E-state index contributed by atoms with van der Waals surface area (Å²) >= 11 is 0.299. The molecule has 1 aliphatic rings. The van der Waals surface area contributed by atoms with Gasteiger partial charge in [-0.15, -0.1) is 0 Å². The van der Waals surface area contributed by atoms with Gasteiger partial charge in [-0.25, -0.2) is 26.6 Å². The van der Waals surface area contributed by atoms with Crippen LogP contribution in [-0.4, -0.2) is 15.7 Å². The number of ether oxygens (including phenoxy) is 1. The summed E-state index contributed by atoms with van der Waals surface area (Å²) in [7, 11) is 0. The van der Waals surface area contributed by atoms with Crippen molar-refractivity contribution in [3.8, 4) is 5.88 Å². The first kappa shape index (κ1) is 25.5. The zero-order valence-electron chi connectivity index (χ0n) is 19.0. The van der Waals surface area contributed by atoms with E-state index in [1.807, 2.05) is 0 Å². The molecule has 0 N–H and O–H groups in total. The molecule has 10 heteroatoms. The van der Waals surface area contributed by atoms with Crippen LogP contribution in [0.4, 0.5) is 22.0 Å². The predicted octanol–water partition coefficient (Wildman–Crippen LogP) is 7.06. The zero-order valence-corrected chi connectivity index (χ0v) is 19.9. The Labute approximate surface area is 193 Å². The third-order valence-electron chi connectivity index (χ3n) is 5.67. The second-order valence-corrected chi connectivity index (χ2v) is 10.3. The highest BCUT2D eigenvalue weighted by atomic mass is 32.2. The predicted molar refractivity (Wildman–Crippen MR) is 114 cm³/mol. The molecule has 0 saturated heterocycles. The standard InChI is InChI=1S/C23H27F5N2O2S/c1-12-20(33-21-18(27)16(25)15(24)17(26)19(21)28)22(30(29-12)23(2,3)4)32-14(31)11-10-13-8-6-5-7-9-13/h13H,5-11H2,1-4H3. The fourth-order valence-corrected chi connectivity index (χ4v) is 4.85. The number of halogens is 5. The lowest BCUT2D eigenvalue weighted by Crippen LogP contribution is -2.25. The highest BCUT2D eigenvalue weighted by molar-refractivity contribution is 7.99. The molecule has 0 bridgehead atoms. The summed E-state index contributed by atoms with van der Waals surface area (Å²) < 4.78 is 76.4. The van der Waals surface area contributed by atoms with E-state index in [1.165, 1.54) is 18.0 Å². The molecule has 0 aliphatic heterocycles. The summed E-state index contributed by atoms with van der Waals surface area (Å²) in [5.74, 6) is -10.4. The van der Waals surface area contributed by atoms with E-state index in [-0.39, 0.29) is 22.9 Å². The van der Waals surface area contributed by atoms with Gasteiger partial charge >= 0.3 is 5.97 Å². The van der Waals surface area contributed by atoms with E-state index in [9.17, 15) is 26.7 Å². The highest BCUT2D eigenvalue weighted by Gasteiger charge is 2.32. The van der Waals surface area contributed by atoms with Crippen molar-refractivity contribution < 1.29 is 31.5 Å². The molecule has 33 heavy (non-hydrogen) atoms. The maximum Gasteiger partial charge on any atom is 0.312 e. The van der Waals surface area contributed by atoms with Gasteiger partial charge in [-0.1, -0.05) is 43.9 Å². The topological polar surface area (TPSA) is 44.1 Å². The first-order valence-corrected chi connectivity index (χ1v) is 11.7. The van der Waals surface area contributed by atoms with Crippen molar-refractivity contribution in [2.45, 2.75) is 88.0 Å². The summed E-state index contributed by atoms with van der Waals surface area (Å²) in [4.78, 5) is 11.6. The first-order chi connectivity index (χ1) is 15.4. The molecule has 0 radical (unpaired) electrons. The quantitative estimate of drug-likeness (QED) is 0.188. The molecule has 0 unspecified atom stereocenters. The number of aromatic nitrogens is 2. The highest BCUT2D eigenvalue weighted by Crippen LogP contribution is 2.43. The molecule has 0 atom stereocenters. The van der Waals surface area contributed by atoms with Crippen LogP contribution in [0.25, 0.3) is 0 Å². The molecule has 3 rings (SSSR count). The SMILES string of the molecule is Cc1nn(C(C)(C)C)c(OC(=O)CCC2CCCCC2)c1Sc1c(F)c(F)c(F)c(F)c1F. The Kier molecular flexibility index (Phi) is 7.76. The fraction of sp³-hybridized carbons (Fsp3) is 0.565. The van der Waals surface area contributed by atoms with Gasteiger partial charge in [-0.3, -0.25) is 4.79 Å². The van der Waals surface area contributed by atoms with E-state index in [2.05, 4.69) is 5.10 Å². The van der Waals surface area contributed by atoms with Gasteiger partial charge in [0.15, 0.2) is 23.3 Å². The van der Waals surface area contributed by atoms with Crippen molar-refractivity contribution in [1.82, 2.24) is 9.78 Å². The lowest BCUT2D eigenvalue weighted by molar-refractivity contribution is -0.135. The van der Waals surface area contributed by atoms with E-state index in [0.29, 0.717) is 24.1 Å². The monoisotopic (exact) mass is 490 g/mol. The number of esters is 1. The van der Waals surface area contributed by atoms with Crippen LogP contribution in [-0.2, 0) is 10.3 Å². The summed E-state index contributed by atoms with van der Waals surface area (Å²) in [5.41, 5.74) is -0.451. The van der Waals surface area contributed by atoms with Crippen molar-refractivity contribution in [2.75, 3.05) is 0 Å². The Bertz CT molecular complexity index is 1010. The number of carbonyl (C=O) groups is 1. The van der Waals surface area contributed by atoms with Gasteiger partial charge in [0.25, 0.3) is 0 Å². The van der Waals surface area contributed by atoms with Crippen LogP contribution < -0.4 is 4.74 Å². The Hall–Kier alpha value is -2.10. The van der Waals surface area contributed by atoms with E-state index in [0.717, 1.165) is 25.7 Å². The molecule has 1 fully saturated rings. The largest absolute Gasteiger partial charge is 0.406 e. The molecule has 1 aromatic carbocycles. The van der Waals surface area contributed by atoms with Crippen LogP contribution >= 0.6 is 11.8 Å². The number of hydrogen-bond acceptors (Lipinski definition) is 4. The van der Waals surface area contributed by atoms with E-state index >= 15 is 0 Å². The molecule has 4 nitrogen and oxygen atoms in total. The van der Waals surface area contributed by atoms with Gasteiger partial charge in [-0.2, -0.15) is 5.10 Å². The molecule has 2 aromatic rings. The molecule has 182 valence electrons. The van der Waals surface area contributed by atoms with Gasteiger partial charge in [0.2, 0.25) is 11.7 Å². The second kappa shape index (κ2) is 10.0.